The summed E-state index contributed by atoms with van der Waals surface area (Å²) >= 11 is 0. The highest BCUT2D eigenvalue weighted by Crippen LogP contribution is 2.30. The predicted octanol–water partition coefficient (Wildman–Crippen LogP) is 5.01. The van der Waals surface area contributed by atoms with Crippen LogP contribution in [0.5, 0.6) is 11.5 Å². The Morgan fingerprint density at radius 3 is 2.55 bits per heavy atom. The molecule has 0 N–H and O–H groups in total. The van der Waals surface area contributed by atoms with E-state index in [1.807, 2.05) is 13.8 Å². The maximum absolute atomic E-state index is 13.0. The number of non-ortho nitro benzene ring substituents is 1. The third kappa shape index (κ3) is 5.70. The summed E-state index contributed by atoms with van der Waals surface area (Å²) in [6.45, 7) is 6.85. The van der Waals surface area contributed by atoms with E-state index in [4.69, 9.17) is 9.47 Å². The number of carbonyl (C=O) groups is 1. The number of hydrogen-bond acceptors (Lipinski definition) is 5. The highest BCUT2D eigenvalue weighted by Gasteiger charge is 2.22. The molecule has 2 rings (SSSR count). The van der Waals surface area contributed by atoms with Crippen molar-refractivity contribution < 1.29 is 19.2 Å². The minimum Gasteiger partial charge on any atom is -0.490 e. The van der Waals surface area contributed by atoms with Crippen LogP contribution in [-0.4, -0.2) is 36.0 Å². The van der Waals surface area contributed by atoms with E-state index >= 15 is 0 Å². The molecular formula is C22H28N2O5. The highest BCUT2D eigenvalue weighted by atomic mass is 16.6. The number of unbranched alkanes of at least 4 members (excludes halogenated alkanes) is 1. The Bertz CT molecular complexity index is 853. The van der Waals surface area contributed by atoms with Gasteiger partial charge in [0.25, 0.3) is 11.6 Å². The van der Waals surface area contributed by atoms with E-state index in [1.165, 1.54) is 12.1 Å². The van der Waals surface area contributed by atoms with Crippen LogP contribution < -0.4 is 9.47 Å². The Morgan fingerprint density at radius 2 is 1.90 bits per heavy atom. The van der Waals surface area contributed by atoms with Crippen LogP contribution in [0.15, 0.2) is 42.5 Å². The lowest BCUT2D eigenvalue weighted by atomic mass is 10.1. The molecule has 7 heteroatoms. The van der Waals surface area contributed by atoms with E-state index in [0.29, 0.717) is 35.8 Å². The molecule has 0 radical (unpaired) electrons. The van der Waals surface area contributed by atoms with Gasteiger partial charge in [-0.2, -0.15) is 0 Å². The summed E-state index contributed by atoms with van der Waals surface area (Å²) in [5.74, 6) is 0.946. The third-order valence-corrected chi connectivity index (χ3v) is 4.71. The van der Waals surface area contributed by atoms with E-state index in [1.54, 1.807) is 42.3 Å². The van der Waals surface area contributed by atoms with Crippen molar-refractivity contribution >= 4 is 11.6 Å². The van der Waals surface area contributed by atoms with Crippen molar-refractivity contribution in [2.75, 3.05) is 20.3 Å². The SMILES string of the molecule is CCCCOc1ccc(C(=O)N(C)[C@H](C)c2cccc([N+](=O)[O-])c2)cc1OCC. The van der Waals surface area contributed by atoms with Gasteiger partial charge in [-0.1, -0.05) is 25.5 Å². The molecule has 0 heterocycles. The van der Waals surface area contributed by atoms with Gasteiger partial charge in [0, 0.05) is 24.7 Å². The summed E-state index contributed by atoms with van der Waals surface area (Å²) in [5, 5.41) is 11.0. The van der Waals surface area contributed by atoms with Crippen molar-refractivity contribution in [1.29, 1.82) is 0 Å². The van der Waals surface area contributed by atoms with E-state index in [0.717, 1.165) is 12.8 Å². The summed E-state index contributed by atoms with van der Waals surface area (Å²) in [5.41, 5.74) is 1.16. The fraction of sp³-hybridized carbons (Fsp3) is 0.409. The van der Waals surface area contributed by atoms with Crippen molar-refractivity contribution in [3.8, 4) is 11.5 Å². The average Bonchev–Trinajstić information content (AvgIpc) is 2.73. The normalized spacial score (nSPS) is 11.6. The average molecular weight is 400 g/mol. The van der Waals surface area contributed by atoms with Gasteiger partial charge in [-0.25, -0.2) is 0 Å². The first-order valence-electron chi connectivity index (χ1n) is 9.80. The van der Waals surface area contributed by atoms with Gasteiger partial charge in [0.05, 0.1) is 24.2 Å². The molecule has 156 valence electrons. The molecule has 0 bridgehead atoms. The fourth-order valence-electron chi connectivity index (χ4n) is 2.86. The zero-order valence-corrected chi connectivity index (χ0v) is 17.4. The van der Waals surface area contributed by atoms with Crippen LogP contribution >= 0.6 is 0 Å². The van der Waals surface area contributed by atoms with Crippen LogP contribution in [0.1, 0.15) is 55.6 Å². The van der Waals surface area contributed by atoms with Gasteiger partial charge in [-0.3, -0.25) is 14.9 Å². The molecule has 0 saturated carbocycles. The molecule has 1 amide bonds. The zero-order valence-electron chi connectivity index (χ0n) is 17.4. The van der Waals surface area contributed by atoms with Gasteiger partial charge in [0.15, 0.2) is 11.5 Å². The largest absolute Gasteiger partial charge is 0.490 e. The number of carbonyl (C=O) groups excluding carboxylic acids is 1. The molecule has 0 saturated heterocycles. The first kappa shape index (κ1) is 22.2. The second-order valence-electron chi connectivity index (χ2n) is 6.74. The topological polar surface area (TPSA) is 81.9 Å². The number of ether oxygens (including phenoxy) is 2. The molecule has 0 unspecified atom stereocenters. The van der Waals surface area contributed by atoms with Gasteiger partial charge >= 0.3 is 0 Å². The number of nitro groups is 1. The Labute approximate surface area is 171 Å². The van der Waals surface area contributed by atoms with Crippen LogP contribution in [0.3, 0.4) is 0 Å². The Hall–Kier alpha value is -3.09. The lowest BCUT2D eigenvalue weighted by Gasteiger charge is -2.25. The van der Waals surface area contributed by atoms with E-state index in [-0.39, 0.29) is 17.6 Å². The van der Waals surface area contributed by atoms with Crippen molar-refractivity contribution in [3.63, 3.8) is 0 Å². The van der Waals surface area contributed by atoms with Crippen LogP contribution in [0.2, 0.25) is 0 Å². The smallest absolute Gasteiger partial charge is 0.269 e. The number of hydrogen-bond donors (Lipinski definition) is 0. The maximum Gasteiger partial charge on any atom is 0.269 e. The van der Waals surface area contributed by atoms with Gasteiger partial charge in [0.1, 0.15) is 0 Å². The fourth-order valence-corrected chi connectivity index (χ4v) is 2.86. The summed E-state index contributed by atoms with van der Waals surface area (Å²) in [7, 11) is 1.68. The van der Waals surface area contributed by atoms with E-state index in [9.17, 15) is 14.9 Å². The van der Waals surface area contributed by atoms with Crippen molar-refractivity contribution in [3.05, 3.63) is 63.7 Å². The number of amides is 1. The molecule has 0 aliphatic rings. The number of nitrogens with zero attached hydrogens (tertiary/aromatic N) is 2. The molecule has 2 aromatic rings. The second kappa shape index (κ2) is 10.5. The van der Waals surface area contributed by atoms with E-state index < -0.39 is 4.92 Å². The predicted molar refractivity (Wildman–Crippen MR) is 112 cm³/mol. The lowest BCUT2D eigenvalue weighted by molar-refractivity contribution is -0.384. The van der Waals surface area contributed by atoms with Crippen LogP contribution in [0.4, 0.5) is 5.69 Å². The van der Waals surface area contributed by atoms with Crippen LogP contribution in [-0.2, 0) is 0 Å². The molecule has 0 aliphatic carbocycles. The molecule has 0 fully saturated rings. The van der Waals surface area contributed by atoms with Crippen LogP contribution in [0, 0.1) is 10.1 Å². The lowest BCUT2D eigenvalue weighted by Crippen LogP contribution is -2.29. The Morgan fingerprint density at radius 1 is 1.14 bits per heavy atom. The quantitative estimate of drug-likeness (QED) is 0.318. The monoisotopic (exact) mass is 400 g/mol. The molecule has 29 heavy (non-hydrogen) atoms. The van der Waals surface area contributed by atoms with Crippen molar-refractivity contribution in [2.24, 2.45) is 0 Å². The summed E-state index contributed by atoms with van der Waals surface area (Å²) < 4.78 is 11.4. The number of benzene rings is 2. The summed E-state index contributed by atoms with van der Waals surface area (Å²) in [6.07, 6.45) is 1.97. The van der Waals surface area contributed by atoms with Crippen LogP contribution in [0.25, 0.3) is 0 Å². The summed E-state index contributed by atoms with van der Waals surface area (Å²) in [6, 6.07) is 11.1. The van der Waals surface area contributed by atoms with E-state index in [2.05, 4.69) is 6.92 Å². The second-order valence-corrected chi connectivity index (χ2v) is 6.74. The molecule has 7 nitrogen and oxygen atoms in total. The molecule has 0 aromatic heterocycles. The van der Waals surface area contributed by atoms with Gasteiger partial charge in [0.2, 0.25) is 0 Å². The van der Waals surface area contributed by atoms with Crippen molar-refractivity contribution in [1.82, 2.24) is 4.90 Å². The Kier molecular flexibility index (Phi) is 8.00. The zero-order chi connectivity index (χ0) is 21.4. The standard InChI is InChI=1S/C22H28N2O5/c1-5-7-13-29-20-12-11-18(15-21(20)28-6-2)22(25)23(4)16(3)17-9-8-10-19(14-17)24(26)27/h8-12,14-16H,5-7,13H2,1-4H3/t16-/m1/s1. The third-order valence-electron chi connectivity index (χ3n) is 4.71. The maximum atomic E-state index is 13.0. The molecule has 1 atom stereocenters. The summed E-state index contributed by atoms with van der Waals surface area (Å²) in [4.78, 5) is 25.1. The number of nitro benzene ring substituents is 1. The van der Waals surface area contributed by atoms with Gasteiger partial charge in [-0.15, -0.1) is 0 Å². The van der Waals surface area contributed by atoms with Gasteiger partial charge < -0.3 is 14.4 Å². The molecule has 0 aliphatic heterocycles. The first-order chi connectivity index (χ1) is 13.9. The Balaban J connectivity index is 2.22. The molecule has 0 spiro atoms. The first-order valence-corrected chi connectivity index (χ1v) is 9.80. The minimum atomic E-state index is -0.441. The van der Waals surface area contributed by atoms with Crippen molar-refractivity contribution in [2.45, 2.75) is 39.7 Å². The number of rotatable bonds is 10. The van der Waals surface area contributed by atoms with Gasteiger partial charge in [-0.05, 0) is 44.0 Å². The molecule has 2 aromatic carbocycles. The molecular weight excluding hydrogens is 372 g/mol. The minimum absolute atomic E-state index is 0.00223. The highest BCUT2D eigenvalue weighted by molar-refractivity contribution is 5.95.